The second-order valence-corrected chi connectivity index (χ2v) is 4.81. The van der Waals surface area contributed by atoms with Crippen LogP contribution in [0, 0.1) is 24.1 Å². The summed E-state index contributed by atoms with van der Waals surface area (Å²) in [5.41, 5.74) is 1.51. The van der Waals surface area contributed by atoms with Crippen molar-refractivity contribution in [3.63, 3.8) is 0 Å². The van der Waals surface area contributed by atoms with Crippen molar-refractivity contribution in [3.05, 3.63) is 52.3 Å². The molecule has 3 nitrogen and oxygen atoms in total. The van der Waals surface area contributed by atoms with Crippen molar-refractivity contribution in [2.75, 3.05) is 5.32 Å². The number of benzene rings is 2. The van der Waals surface area contributed by atoms with Crippen molar-refractivity contribution in [2.24, 2.45) is 0 Å². The highest BCUT2D eigenvalue weighted by molar-refractivity contribution is 6.32. The third kappa shape index (κ3) is 3.62. The molecule has 0 heterocycles. The van der Waals surface area contributed by atoms with Gasteiger partial charge in [0.15, 0.2) is 0 Å². The summed E-state index contributed by atoms with van der Waals surface area (Å²) in [6.07, 6.45) is 0. The van der Waals surface area contributed by atoms with Gasteiger partial charge in [-0.2, -0.15) is 14.0 Å². The summed E-state index contributed by atoms with van der Waals surface area (Å²) in [4.78, 5) is 0. The number of halogens is 4. The molecular weight excluding hydrogens is 317 g/mol. The van der Waals surface area contributed by atoms with E-state index in [0.717, 1.165) is 0 Å². The molecule has 2 aromatic carbocycles. The predicted octanol–water partition coefficient (Wildman–Crippen LogP) is 5.00. The summed E-state index contributed by atoms with van der Waals surface area (Å²) in [5.74, 6) is -0.653. The lowest BCUT2D eigenvalue weighted by Gasteiger charge is -2.14. The second-order valence-electron chi connectivity index (χ2n) is 4.40. The zero-order valence-corrected chi connectivity index (χ0v) is 12.1. The van der Waals surface area contributed by atoms with E-state index in [2.05, 4.69) is 10.1 Å². The lowest BCUT2D eigenvalue weighted by atomic mass is 10.1. The van der Waals surface area contributed by atoms with Crippen molar-refractivity contribution in [1.82, 2.24) is 0 Å². The topological polar surface area (TPSA) is 45.0 Å². The fourth-order valence-electron chi connectivity index (χ4n) is 1.85. The van der Waals surface area contributed by atoms with Crippen LogP contribution in [0.3, 0.4) is 0 Å². The number of hydrogen-bond donors (Lipinski definition) is 1. The van der Waals surface area contributed by atoms with Gasteiger partial charge < -0.3 is 10.1 Å². The van der Waals surface area contributed by atoms with Gasteiger partial charge in [0.05, 0.1) is 16.3 Å². The molecule has 2 aromatic rings. The first-order valence-electron chi connectivity index (χ1n) is 6.12. The molecule has 0 saturated carbocycles. The number of anilines is 2. The van der Waals surface area contributed by atoms with Gasteiger partial charge in [0.2, 0.25) is 0 Å². The number of hydrogen-bond acceptors (Lipinski definition) is 3. The zero-order valence-electron chi connectivity index (χ0n) is 11.3. The highest BCUT2D eigenvalue weighted by Gasteiger charge is 2.14. The first-order valence-corrected chi connectivity index (χ1v) is 6.50. The fraction of sp³-hybridized carbons (Fsp3) is 0.133. The monoisotopic (exact) mass is 326 g/mol. The van der Waals surface area contributed by atoms with E-state index >= 15 is 0 Å². The average molecular weight is 327 g/mol. The van der Waals surface area contributed by atoms with Crippen LogP contribution >= 0.6 is 11.6 Å². The van der Waals surface area contributed by atoms with Gasteiger partial charge in [-0.3, -0.25) is 0 Å². The Morgan fingerprint density at radius 2 is 1.95 bits per heavy atom. The van der Waals surface area contributed by atoms with Crippen LogP contribution in [-0.4, -0.2) is 6.61 Å². The predicted molar refractivity (Wildman–Crippen MR) is 77.2 cm³/mol. The van der Waals surface area contributed by atoms with Crippen LogP contribution in [-0.2, 0) is 0 Å². The molecule has 0 aliphatic heterocycles. The highest BCUT2D eigenvalue weighted by Crippen LogP contribution is 2.34. The maximum absolute atomic E-state index is 13.1. The summed E-state index contributed by atoms with van der Waals surface area (Å²) in [6, 6.07) is 8.36. The highest BCUT2D eigenvalue weighted by atomic mass is 35.5. The Kier molecular flexibility index (Phi) is 4.78. The van der Waals surface area contributed by atoms with Crippen LogP contribution < -0.4 is 10.1 Å². The lowest BCUT2D eigenvalue weighted by molar-refractivity contribution is -0.0497. The molecule has 0 radical (unpaired) electrons. The van der Waals surface area contributed by atoms with E-state index in [-0.39, 0.29) is 22.0 Å². The Balaban J connectivity index is 2.42. The number of alkyl halides is 2. The Hall–Kier alpha value is -2.39. The van der Waals surface area contributed by atoms with Gasteiger partial charge in [-0.15, -0.1) is 0 Å². The van der Waals surface area contributed by atoms with Gasteiger partial charge >= 0.3 is 6.61 Å². The van der Waals surface area contributed by atoms with Gasteiger partial charge in [-0.05, 0) is 36.8 Å². The van der Waals surface area contributed by atoms with Gasteiger partial charge in [0.1, 0.15) is 17.6 Å². The minimum Gasteiger partial charge on any atom is -0.433 e. The molecule has 0 aliphatic rings. The summed E-state index contributed by atoms with van der Waals surface area (Å²) >= 11 is 5.79. The van der Waals surface area contributed by atoms with Gasteiger partial charge in [-0.25, -0.2) is 4.39 Å². The van der Waals surface area contributed by atoms with Crippen LogP contribution in [0.5, 0.6) is 5.75 Å². The van der Waals surface area contributed by atoms with Crippen LogP contribution in [0.25, 0.3) is 0 Å². The van der Waals surface area contributed by atoms with Crippen LogP contribution in [0.1, 0.15) is 11.1 Å². The quantitative estimate of drug-likeness (QED) is 0.859. The molecule has 0 aliphatic carbocycles. The first kappa shape index (κ1) is 16.0. The third-order valence-corrected chi connectivity index (χ3v) is 3.16. The van der Waals surface area contributed by atoms with E-state index in [1.54, 1.807) is 6.92 Å². The second kappa shape index (κ2) is 6.58. The maximum atomic E-state index is 13.1. The molecule has 22 heavy (non-hydrogen) atoms. The van der Waals surface area contributed by atoms with Crippen LogP contribution in [0.4, 0.5) is 24.5 Å². The van der Waals surface area contributed by atoms with E-state index in [9.17, 15) is 13.2 Å². The van der Waals surface area contributed by atoms with Crippen molar-refractivity contribution in [3.8, 4) is 11.8 Å². The summed E-state index contributed by atoms with van der Waals surface area (Å²) in [6.45, 7) is -1.37. The maximum Gasteiger partial charge on any atom is 0.387 e. The third-order valence-electron chi connectivity index (χ3n) is 2.87. The van der Waals surface area contributed by atoms with Gasteiger partial charge in [-0.1, -0.05) is 11.6 Å². The standard InChI is InChI=1S/C15H10ClF3N2O/c1-8-4-10(17)2-3-12(8)21-13-6-14(22-15(18)19)11(16)5-9(13)7-20/h2-6,15,21H,1H3. The Morgan fingerprint density at radius 1 is 1.23 bits per heavy atom. The lowest BCUT2D eigenvalue weighted by Crippen LogP contribution is -2.04. The van der Waals surface area contributed by atoms with E-state index in [1.807, 2.05) is 6.07 Å². The molecule has 0 spiro atoms. The largest absolute Gasteiger partial charge is 0.433 e. The number of nitrogens with one attached hydrogen (secondary N) is 1. The molecule has 0 fully saturated rings. The molecule has 0 saturated heterocycles. The van der Waals surface area contributed by atoms with E-state index in [4.69, 9.17) is 16.9 Å². The average Bonchev–Trinajstić information content (AvgIpc) is 2.44. The van der Waals surface area contributed by atoms with E-state index in [0.29, 0.717) is 11.3 Å². The van der Waals surface area contributed by atoms with Crippen LogP contribution in [0.15, 0.2) is 30.3 Å². The fourth-order valence-corrected chi connectivity index (χ4v) is 2.06. The van der Waals surface area contributed by atoms with Crippen molar-refractivity contribution >= 4 is 23.0 Å². The number of ether oxygens (including phenoxy) is 1. The van der Waals surface area contributed by atoms with Gasteiger partial charge in [0.25, 0.3) is 0 Å². The Bertz CT molecular complexity index is 744. The van der Waals surface area contributed by atoms with Crippen molar-refractivity contribution < 1.29 is 17.9 Å². The first-order chi connectivity index (χ1) is 10.4. The van der Waals surface area contributed by atoms with Crippen molar-refractivity contribution in [1.29, 1.82) is 5.26 Å². The molecule has 0 unspecified atom stereocenters. The minimum atomic E-state index is -3.04. The van der Waals surface area contributed by atoms with E-state index < -0.39 is 12.4 Å². The summed E-state index contributed by atoms with van der Waals surface area (Å²) in [5, 5.41) is 11.9. The Morgan fingerprint density at radius 3 is 2.55 bits per heavy atom. The zero-order chi connectivity index (χ0) is 16.3. The number of aryl methyl sites for hydroxylation is 1. The normalized spacial score (nSPS) is 10.4. The van der Waals surface area contributed by atoms with Crippen molar-refractivity contribution in [2.45, 2.75) is 13.5 Å². The SMILES string of the molecule is Cc1cc(F)ccc1Nc1cc(OC(F)F)c(Cl)cc1C#N. The molecule has 0 atom stereocenters. The minimum absolute atomic E-state index is 0.0989. The number of nitriles is 1. The molecule has 2 rings (SSSR count). The molecule has 0 amide bonds. The number of rotatable bonds is 4. The molecule has 0 bridgehead atoms. The summed E-state index contributed by atoms with van der Waals surface area (Å²) < 4.78 is 42.1. The molecular formula is C15H10ClF3N2O. The van der Waals surface area contributed by atoms with Crippen LogP contribution in [0.2, 0.25) is 5.02 Å². The molecule has 114 valence electrons. The molecule has 7 heteroatoms. The van der Waals surface area contributed by atoms with E-state index in [1.165, 1.54) is 30.3 Å². The molecule has 1 N–H and O–H groups in total. The molecule has 0 aromatic heterocycles. The number of nitrogens with zero attached hydrogens (tertiary/aromatic N) is 1. The van der Waals surface area contributed by atoms with Gasteiger partial charge in [0, 0.05) is 11.8 Å². The Labute approximate surface area is 129 Å². The summed E-state index contributed by atoms with van der Waals surface area (Å²) in [7, 11) is 0. The smallest absolute Gasteiger partial charge is 0.387 e.